The van der Waals surface area contributed by atoms with Crippen molar-refractivity contribution in [1.29, 1.82) is 0 Å². The van der Waals surface area contributed by atoms with Crippen LogP contribution in [0.3, 0.4) is 0 Å². The van der Waals surface area contributed by atoms with Crippen LogP contribution in [0.1, 0.15) is 57.1 Å². The number of carbonyl (C=O) groups is 1. The van der Waals surface area contributed by atoms with E-state index in [-0.39, 0.29) is 28.9 Å². The molecule has 3 nitrogen and oxygen atoms in total. The Hall–Kier alpha value is -1.58. The molecule has 4 bridgehead atoms. The average molecular weight is 331 g/mol. The predicted octanol–water partition coefficient (Wildman–Crippen LogP) is 4.23. The molecule has 0 heterocycles. The minimum Gasteiger partial charge on any atom is -0.494 e. The zero-order chi connectivity index (χ0) is 16.9. The highest BCUT2D eigenvalue weighted by molar-refractivity contribution is 5.83. The first-order valence-corrected chi connectivity index (χ1v) is 9.13. The molecule has 1 unspecified atom stereocenters. The Balaban J connectivity index is 1.49. The predicted molar refractivity (Wildman–Crippen MR) is 90.1 cm³/mol. The van der Waals surface area contributed by atoms with Crippen LogP contribution in [-0.2, 0) is 4.79 Å². The van der Waals surface area contributed by atoms with Gasteiger partial charge in [-0.05, 0) is 80.9 Å². The van der Waals surface area contributed by atoms with Crippen molar-refractivity contribution in [2.75, 3.05) is 7.11 Å². The Morgan fingerprint density at radius 2 is 1.79 bits per heavy atom. The Morgan fingerprint density at radius 1 is 1.21 bits per heavy atom. The van der Waals surface area contributed by atoms with Crippen molar-refractivity contribution in [2.45, 2.75) is 51.5 Å². The molecule has 24 heavy (non-hydrogen) atoms. The molecule has 1 atom stereocenters. The zero-order valence-electron chi connectivity index (χ0n) is 14.5. The first-order valence-electron chi connectivity index (χ1n) is 9.13. The van der Waals surface area contributed by atoms with Crippen molar-refractivity contribution in [2.24, 2.45) is 23.2 Å². The summed E-state index contributed by atoms with van der Waals surface area (Å²) in [4.78, 5) is 13.1. The van der Waals surface area contributed by atoms with Crippen molar-refractivity contribution in [1.82, 2.24) is 5.32 Å². The summed E-state index contributed by atoms with van der Waals surface area (Å²) in [6, 6.07) is 4.72. The summed E-state index contributed by atoms with van der Waals surface area (Å²) in [7, 11) is 1.45. The maximum Gasteiger partial charge on any atom is 0.226 e. The summed E-state index contributed by atoms with van der Waals surface area (Å²) < 4.78 is 18.9. The number of hydrogen-bond donors (Lipinski definition) is 1. The molecular weight excluding hydrogens is 305 g/mol. The molecule has 130 valence electrons. The average Bonchev–Trinajstić information content (AvgIpc) is 2.53. The van der Waals surface area contributed by atoms with Gasteiger partial charge in [0.1, 0.15) is 0 Å². The number of methoxy groups -OCH3 is 1. The van der Waals surface area contributed by atoms with Gasteiger partial charge in [-0.2, -0.15) is 0 Å². The molecule has 4 fully saturated rings. The number of ether oxygens (including phenoxy) is 1. The van der Waals surface area contributed by atoms with E-state index in [0.29, 0.717) is 0 Å². The van der Waals surface area contributed by atoms with Crippen molar-refractivity contribution >= 4 is 5.91 Å². The number of rotatable bonds is 4. The summed E-state index contributed by atoms with van der Waals surface area (Å²) in [6.45, 7) is 1.93. The van der Waals surface area contributed by atoms with Crippen molar-refractivity contribution < 1.29 is 13.9 Å². The van der Waals surface area contributed by atoms with Crippen LogP contribution >= 0.6 is 0 Å². The zero-order valence-corrected chi connectivity index (χ0v) is 14.5. The molecule has 0 aromatic heterocycles. The maximum absolute atomic E-state index is 13.9. The molecule has 5 rings (SSSR count). The van der Waals surface area contributed by atoms with Gasteiger partial charge in [0.2, 0.25) is 5.91 Å². The lowest BCUT2D eigenvalue weighted by Gasteiger charge is -2.55. The quantitative estimate of drug-likeness (QED) is 0.897. The fourth-order valence-corrected chi connectivity index (χ4v) is 5.77. The molecule has 0 radical (unpaired) electrons. The largest absolute Gasteiger partial charge is 0.494 e. The van der Waals surface area contributed by atoms with E-state index in [9.17, 15) is 9.18 Å². The van der Waals surface area contributed by atoms with E-state index >= 15 is 0 Å². The van der Waals surface area contributed by atoms with Crippen LogP contribution in [0.15, 0.2) is 18.2 Å². The number of carbonyl (C=O) groups excluding carboxylic acids is 1. The van der Waals surface area contributed by atoms with Gasteiger partial charge < -0.3 is 10.1 Å². The number of hydrogen-bond acceptors (Lipinski definition) is 2. The number of nitrogens with one attached hydrogen (secondary N) is 1. The minimum absolute atomic E-state index is 0.159. The standard InChI is InChI=1S/C20H26FNO2/c1-12(16-3-4-18(24-2)17(21)8-16)22-19(23)20-9-13-5-14(10-20)7-15(6-13)11-20/h3-4,8,12-15H,5-7,9-11H2,1-2H3,(H,22,23). The molecule has 1 aromatic rings. The smallest absolute Gasteiger partial charge is 0.226 e. The number of amides is 1. The molecule has 4 saturated carbocycles. The summed E-state index contributed by atoms with van der Waals surface area (Å²) in [5.74, 6) is 2.27. The first-order chi connectivity index (χ1) is 11.5. The lowest BCUT2D eigenvalue weighted by atomic mass is 9.49. The second-order valence-electron chi connectivity index (χ2n) is 8.29. The summed E-state index contributed by atoms with van der Waals surface area (Å²) in [5, 5.41) is 3.17. The number of benzene rings is 1. The fourth-order valence-electron chi connectivity index (χ4n) is 5.77. The third kappa shape index (κ3) is 2.60. The van der Waals surface area contributed by atoms with Gasteiger partial charge in [-0.1, -0.05) is 6.07 Å². The summed E-state index contributed by atoms with van der Waals surface area (Å²) >= 11 is 0. The van der Waals surface area contributed by atoms with Gasteiger partial charge in [0.15, 0.2) is 11.6 Å². The Kier molecular flexibility index (Phi) is 3.81. The lowest BCUT2D eigenvalue weighted by Crippen LogP contribution is -2.53. The molecule has 4 heteroatoms. The molecule has 1 N–H and O–H groups in total. The Labute approximate surface area is 143 Å². The third-order valence-electron chi connectivity index (χ3n) is 6.54. The van der Waals surface area contributed by atoms with E-state index in [0.717, 1.165) is 42.6 Å². The van der Waals surface area contributed by atoms with Crippen LogP contribution in [0, 0.1) is 29.0 Å². The van der Waals surface area contributed by atoms with Crippen LogP contribution in [-0.4, -0.2) is 13.0 Å². The van der Waals surface area contributed by atoms with Gasteiger partial charge in [0.25, 0.3) is 0 Å². The molecule has 1 aromatic carbocycles. The second kappa shape index (κ2) is 5.75. The highest BCUT2D eigenvalue weighted by Gasteiger charge is 2.54. The van der Waals surface area contributed by atoms with Crippen molar-refractivity contribution in [3.05, 3.63) is 29.6 Å². The van der Waals surface area contributed by atoms with Crippen LogP contribution in [0.2, 0.25) is 0 Å². The first kappa shape index (κ1) is 15.9. The van der Waals surface area contributed by atoms with E-state index in [2.05, 4.69) is 5.32 Å². The summed E-state index contributed by atoms with van der Waals surface area (Å²) in [5.41, 5.74) is 0.625. The molecule has 1 amide bonds. The van der Waals surface area contributed by atoms with E-state index in [1.54, 1.807) is 6.07 Å². The molecule has 4 aliphatic carbocycles. The topological polar surface area (TPSA) is 38.3 Å². The van der Waals surface area contributed by atoms with Crippen LogP contribution in [0.5, 0.6) is 5.75 Å². The fraction of sp³-hybridized carbons (Fsp3) is 0.650. The maximum atomic E-state index is 13.9. The normalized spacial score (nSPS) is 34.9. The highest BCUT2D eigenvalue weighted by Crippen LogP contribution is 2.60. The molecule has 0 saturated heterocycles. The Morgan fingerprint density at radius 3 is 2.29 bits per heavy atom. The summed E-state index contributed by atoms with van der Waals surface area (Å²) in [6.07, 6.45) is 7.13. The second-order valence-corrected chi connectivity index (χ2v) is 8.29. The van der Waals surface area contributed by atoms with E-state index in [4.69, 9.17) is 4.74 Å². The van der Waals surface area contributed by atoms with Crippen molar-refractivity contribution in [3.8, 4) is 5.75 Å². The van der Waals surface area contributed by atoms with E-state index in [1.165, 1.54) is 32.4 Å². The van der Waals surface area contributed by atoms with Crippen LogP contribution in [0.4, 0.5) is 4.39 Å². The highest BCUT2D eigenvalue weighted by atomic mass is 19.1. The van der Waals surface area contributed by atoms with Gasteiger partial charge in [-0.3, -0.25) is 4.79 Å². The van der Waals surface area contributed by atoms with Crippen molar-refractivity contribution in [3.63, 3.8) is 0 Å². The van der Waals surface area contributed by atoms with Gasteiger partial charge in [-0.15, -0.1) is 0 Å². The lowest BCUT2D eigenvalue weighted by molar-refractivity contribution is -0.147. The third-order valence-corrected chi connectivity index (χ3v) is 6.54. The SMILES string of the molecule is COc1ccc(C(C)NC(=O)C23CC4CC(CC(C4)C2)C3)cc1F. The monoisotopic (exact) mass is 331 g/mol. The Bertz CT molecular complexity index is 622. The van der Waals surface area contributed by atoms with E-state index < -0.39 is 0 Å². The number of halogens is 1. The van der Waals surface area contributed by atoms with Gasteiger partial charge in [0.05, 0.1) is 13.2 Å². The van der Waals surface area contributed by atoms with E-state index in [1.807, 2.05) is 13.0 Å². The molecule has 0 aliphatic heterocycles. The molecule has 4 aliphatic rings. The van der Waals surface area contributed by atoms with Gasteiger partial charge in [-0.25, -0.2) is 4.39 Å². The molecule has 0 spiro atoms. The molecular formula is C20H26FNO2. The van der Waals surface area contributed by atoms with Crippen LogP contribution in [0.25, 0.3) is 0 Å². The van der Waals surface area contributed by atoms with Gasteiger partial charge >= 0.3 is 0 Å². The minimum atomic E-state index is -0.383. The van der Waals surface area contributed by atoms with Gasteiger partial charge in [0, 0.05) is 5.41 Å². The van der Waals surface area contributed by atoms with Crippen LogP contribution < -0.4 is 10.1 Å².